The van der Waals surface area contributed by atoms with Crippen molar-refractivity contribution in [1.82, 2.24) is 5.32 Å². The summed E-state index contributed by atoms with van der Waals surface area (Å²) in [5, 5.41) is 17.3. The molecule has 4 aliphatic rings. The molecule has 11 atom stereocenters. The molecule has 2 saturated carbocycles. The highest BCUT2D eigenvalue weighted by molar-refractivity contribution is 6.74. The van der Waals surface area contributed by atoms with Gasteiger partial charge in [0.25, 0.3) is 5.91 Å². The number of Topliss-reactive ketones (excluding diaryl/α,β-unsaturated/α-hetero) is 1. The molecule has 1 saturated heterocycles. The summed E-state index contributed by atoms with van der Waals surface area (Å²) in [6, 6.07) is 22.5. The van der Waals surface area contributed by atoms with Gasteiger partial charge in [-0.15, -0.1) is 0 Å². The van der Waals surface area contributed by atoms with E-state index in [1.165, 1.54) is 32.0 Å². The molecule has 78 heavy (non-hydrogen) atoms. The lowest BCUT2D eigenvalue weighted by Gasteiger charge is -2.68. The van der Waals surface area contributed by atoms with E-state index in [1.807, 2.05) is 60.7 Å². The first-order chi connectivity index (χ1) is 36.4. The number of hydrogen-bond donors (Lipinski definition) is 2. The quantitative estimate of drug-likeness (QED) is 0.0560. The summed E-state index contributed by atoms with van der Waals surface area (Å²) in [5.74, 6) is -6.14. The molecule has 0 unspecified atom stereocenters. The van der Waals surface area contributed by atoms with Crippen LogP contribution in [0.5, 0.6) is 0 Å². The lowest BCUT2D eigenvalue weighted by molar-refractivity contribution is -0.344. The summed E-state index contributed by atoms with van der Waals surface area (Å²) in [5.41, 5.74) is -6.60. The van der Waals surface area contributed by atoms with Crippen molar-refractivity contribution < 1.29 is 66.4 Å². The Hall–Kier alpha value is -4.73. The van der Waals surface area contributed by atoms with Crippen LogP contribution in [0.3, 0.4) is 0 Å². The molecule has 0 radical (unpaired) electrons. The van der Waals surface area contributed by atoms with Crippen molar-refractivity contribution in [1.29, 1.82) is 0 Å². The molecular weight excluding hydrogens is 1070 g/mol. The van der Waals surface area contributed by atoms with Crippen molar-refractivity contribution in [2.24, 2.45) is 16.7 Å². The maximum absolute atomic E-state index is 16.7. The molecule has 1 amide bonds. The molecule has 1 aliphatic heterocycles. The summed E-state index contributed by atoms with van der Waals surface area (Å²) in [4.78, 5) is 89.0. The molecule has 0 aromatic heterocycles. The minimum Gasteiger partial charge on any atom is -0.456 e. The molecule has 15 nitrogen and oxygen atoms in total. The number of rotatable bonds is 17. The van der Waals surface area contributed by atoms with Gasteiger partial charge < -0.3 is 43.0 Å². The maximum atomic E-state index is 16.7. The Kier molecular flexibility index (Phi) is 17.7. The number of halogens is 2. The lowest BCUT2D eigenvalue weighted by Crippen LogP contribution is -2.82. The predicted octanol–water partition coefficient (Wildman–Crippen LogP) is 11.1. The number of aliphatic hydroxyl groups is 1. The van der Waals surface area contributed by atoms with Crippen LogP contribution in [-0.4, -0.2) is 112 Å². The van der Waals surface area contributed by atoms with Crippen LogP contribution in [0.25, 0.3) is 0 Å². The number of carbonyl (C=O) groups excluding carboxylic acids is 6. The summed E-state index contributed by atoms with van der Waals surface area (Å²) in [6.07, 6.45) is -8.95. The van der Waals surface area contributed by atoms with Crippen molar-refractivity contribution in [2.45, 2.75) is 186 Å². The Balaban J connectivity index is 1.51. The fraction of sp³-hybridized carbons (Fsp3) is 0.559. The number of ketones is 1. The van der Waals surface area contributed by atoms with Crippen LogP contribution in [0.4, 0.5) is 0 Å². The average molecular weight is 1150 g/mol. The molecule has 2 bridgehead atoms. The molecule has 3 fully saturated rings. The van der Waals surface area contributed by atoms with Crippen molar-refractivity contribution >= 4 is 75.4 Å². The van der Waals surface area contributed by atoms with E-state index in [4.69, 9.17) is 55.7 Å². The van der Waals surface area contributed by atoms with Gasteiger partial charge >= 0.3 is 23.9 Å². The van der Waals surface area contributed by atoms with Crippen molar-refractivity contribution in [2.75, 3.05) is 6.61 Å². The van der Waals surface area contributed by atoms with Gasteiger partial charge in [0.05, 0.1) is 35.6 Å². The molecule has 1 heterocycles. The fourth-order valence-electron chi connectivity index (χ4n) is 12.3. The second kappa shape index (κ2) is 22.7. The smallest absolute Gasteiger partial charge is 0.338 e. The van der Waals surface area contributed by atoms with Gasteiger partial charge in [-0.1, -0.05) is 127 Å². The van der Waals surface area contributed by atoms with E-state index in [-0.39, 0.29) is 39.8 Å². The first-order valence-corrected chi connectivity index (χ1v) is 33.2. The van der Waals surface area contributed by atoms with E-state index in [2.05, 4.69) is 5.32 Å². The Morgan fingerprint density at radius 1 is 0.833 bits per heavy atom. The summed E-state index contributed by atoms with van der Waals surface area (Å²) >= 11 is 13.0. The number of benzene rings is 3. The number of fused-ring (bicyclic) bond motifs is 5. The van der Waals surface area contributed by atoms with Crippen LogP contribution < -0.4 is 5.32 Å². The lowest BCUT2D eigenvalue weighted by atomic mass is 9.44. The van der Waals surface area contributed by atoms with Crippen molar-refractivity contribution in [3.63, 3.8) is 0 Å². The first-order valence-electron chi connectivity index (χ1n) is 27.0. The third kappa shape index (κ3) is 11.1. The molecule has 3 aromatic rings. The number of esters is 4. The highest BCUT2D eigenvalue weighted by atomic mass is 35.5. The molecule has 19 heteroatoms. The van der Waals surface area contributed by atoms with Crippen molar-refractivity contribution in [3.8, 4) is 0 Å². The van der Waals surface area contributed by atoms with E-state index in [0.717, 1.165) is 0 Å². The van der Waals surface area contributed by atoms with Gasteiger partial charge in [0.1, 0.15) is 23.9 Å². The van der Waals surface area contributed by atoms with Crippen LogP contribution in [0.1, 0.15) is 128 Å². The highest BCUT2D eigenvalue weighted by Gasteiger charge is 2.79. The number of ether oxygens (including phenoxy) is 5. The second-order valence-corrected chi connectivity index (χ2v) is 34.2. The number of carbonyl (C=O) groups is 6. The van der Waals surface area contributed by atoms with Gasteiger partial charge in [-0.25, -0.2) is 9.59 Å². The van der Waals surface area contributed by atoms with Gasteiger partial charge in [0, 0.05) is 47.7 Å². The zero-order chi connectivity index (χ0) is 57.7. The van der Waals surface area contributed by atoms with E-state index in [1.54, 1.807) is 82.3 Å². The Bertz CT molecular complexity index is 2790. The third-order valence-corrected chi connectivity index (χ3v) is 27.6. The van der Waals surface area contributed by atoms with Crippen molar-refractivity contribution in [3.05, 3.63) is 117 Å². The fourth-order valence-corrected chi connectivity index (χ4v) is 17.0. The van der Waals surface area contributed by atoms with E-state index >= 15 is 14.4 Å². The SMILES string of the molecule is CC[Si](CC)(CC)O[C@H]1C[C@H]2OC[C@@]2(OC(C)=O)[C@H]2[C@H](OC(=O)c3cc(Cl)cc(Cl)c3)[C@]3(O)C[C@H](OC(=O)[C@H](O[Si](C)(C)C(C)(C)C)[C@@H](NC(=O)c4ccccc4)c4ccccc4)C(C)=C([C@@H](OC(C)=O)C(=O)[C@]12C)C3(C)C. The summed E-state index contributed by atoms with van der Waals surface area (Å²) < 4.78 is 47.0. The van der Waals surface area contributed by atoms with Crippen LogP contribution in [-0.2, 0) is 51.7 Å². The number of hydrogen-bond acceptors (Lipinski definition) is 14. The zero-order valence-corrected chi connectivity index (χ0v) is 50.9. The normalized spacial score (nSPS) is 28.5. The summed E-state index contributed by atoms with van der Waals surface area (Å²) in [6.45, 7) is 24.8. The standard InChI is InChI=1S/C59H77Cl2NO14Si2/c1-15-78(16-2,17-3)75-43-31-44-58(33-70-44,74-36(6)64)49-51(73-53(67)39-28-40(60)30-41(61)29-39)59(69)32-42(34(4)45(56(59,10)11)47(71-35(5)63)50(65)57(43,49)12)72-54(68)48(76-77(13,14)55(7,8)9)46(37-24-20-18-21-25-37)62-52(66)38-26-22-19-23-27-38/h18-30,42-44,46-49,51,69H,15-17,31-33H2,1-14H3,(H,62,66)/t42-,43-,44+,46-,47+,48+,49-,51-,57+,58-,59+/m0/s1. The largest absolute Gasteiger partial charge is 0.456 e. The monoisotopic (exact) mass is 1150 g/mol. The second-order valence-electron chi connectivity index (χ2n) is 23.8. The van der Waals surface area contributed by atoms with Gasteiger partial charge in [0.15, 0.2) is 40.2 Å². The minimum atomic E-state index is -2.97. The van der Waals surface area contributed by atoms with Crippen LogP contribution in [0.15, 0.2) is 90.0 Å². The van der Waals surface area contributed by atoms with Gasteiger partial charge in [0.2, 0.25) is 0 Å². The van der Waals surface area contributed by atoms with Gasteiger partial charge in [-0.3, -0.25) is 19.2 Å². The van der Waals surface area contributed by atoms with E-state index in [0.29, 0.717) is 29.3 Å². The Morgan fingerprint density at radius 3 is 1.92 bits per heavy atom. The Labute approximate surface area is 471 Å². The summed E-state index contributed by atoms with van der Waals surface area (Å²) in [7, 11) is -5.66. The molecule has 7 rings (SSSR count). The van der Waals surface area contributed by atoms with E-state index < -0.39 is 134 Å². The molecule has 3 aromatic carbocycles. The number of amides is 1. The molecular formula is C59H77Cl2NO14Si2. The van der Waals surface area contributed by atoms with E-state index in [9.17, 15) is 19.5 Å². The third-order valence-electron chi connectivity index (χ3n) is 18.1. The first kappa shape index (κ1) is 60.9. The van der Waals surface area contributed by atoms with Crippen LogP contribution in [0.2, 0.25) is 46.3 Å². The zero-order valence-electron chi connectivity index (χ0n) is 47.4. The number of nitrogens with one attached hydrogen (secondary N) is 1. The molecule has 0 spiro atoms. The van der Waals surface area contributed by atoms with Crippen LogP contribution in [0, 0.1) is 16.7 Å². The maximum Gasteiger partial charge on any atom is 0.338 e. The topological polar surface area (TPSA) is 199 Å². The average Bonchev–Trinajstić information content (AvgIpc) is 2.42. The van der Waals surface area contributed by atoms with Gasteiger partial charge in [-0.05, 0) is 97.2 Å². The highest BCUT2D eigenvalue weighted by Crippen LogP contribution is 2.65. The molecule has 424 valence electrons. The Morgan fingerprint density at radius 2 is 1.41 bits per heavy atom. The molecule has 3 aliphatic carbocycles. The predicted molar refractivity (Wildman–Crippen MR) is 300 cm³/mol. The van der Waals surface area contributed by atoms with Gasteiger partial charge in [-0.2, -0.15) is 0 Å². The molecule has 2 N–H and O–H groups in total. The van der Waals surface area contributed by atoms with Crippen LogP contribution >= 0.6 is 23.2 Å². The minimum absolute atomic E-state index is 0.0528.